The summed E-state index contributed by atoms with van der Waals surface area (Å²) in [5.41, 5.74) is 17.5. The van der Waals surface area contributed by atoms with E-state index >= 15 is 0 Å². The molecule has 6 aromatic heterocycles. The minimum atomic E-state index is 0.0337. The van der Waals surface area contributed by atoms with Crippen molar-refractivity contribution in [3.63, 3.8) is 0 Å². The van der Waals surface area contributed by atoms with E-state index in [0.29, 0.717) is 31.8 Å². The molecule has 1 fully saturated rings. The number of nitrogens with one attached hydrogen (secondary N) is 1. The van der Waals surface area contributed by atoms with Gasteiger partial charge in [-0.25, -0.2) is 0 Å². The Morgan fingerprint density at radius 2 is 1.24 bits per heavy atom. The van der Waals surface area contributed by atoms with Gasteiger partial charge < -0.3 is 10.2 Å². The molecule has 0 aromatic carbocycles. The van der Waals surface area contributed by atoms with E-state index in [1.807, 2.05) is 66.9 Å². The molecule has 14 nitrogen and oxygen atoms in total. The van der Waals surface area contributed by atoms with Crippen LogP contribution in [0.3, 0.4) is 0 Å². The molecule has 0 atom stereocenters. The topological polar surface area (TPSA) is 146 Å². The van der Waals surface area contributed by atoms with Crippen molar-refractivity contribution in [2.45, 2.75) is 90.4 Å². The maximum atomic E-state index is 12.7. The van der Waals surface area contributed by atoms with Gasteiger partial charge in [0.2, 0.25) is 11.8 Å². The molecular weight excluding hydrogens is 741 g/mol. The molecule has 59 heavy (non-hydrogen) atoms. The van der Waals surface area contributed by atoms with Crippen LogP contribution in [0, 0.1) is 6.92 Å². The Morgan fingerprint density at radius 1 is 0.644 bits per heavy atom. The fraction of sp³-hybridized carbons (Fsp3) is 0.378. The summed E-state index contributed by atoms with van der Waals surface area (Å²) in [7, 11) is 5.69. The molecule has 14 heteroatoms. The number of carbonyl (C=O) groups is 2. The molecule has 6 aromatic rings. The molecule has 3 aliphatic carbocycles. The summed E-state index contributed by atoms with van der Waals surface area (Å²) in [6, 6.07) is 4.44. The lowest BCUT2D eigenvalue weighted by molar-refractivity contribution is -0.130. The van der Waals surface area contributed by atoms with Gasteiger partial charge in [-0.3, -0.25) is 38.3 Å². The van der Waals surface area contributed by atoms with Gasteiger partial charge in [0.25, 0.3) is 0 Å². The van der Waals surface area contributed by atoms with Crippen LogP contribution in [0.2, 0.25) is 0 Å². The lowest BCUT2D eigenvalue weighted by Crippen LogP contribution is -2.26. The fourth-order valence-electron chi connectivity index (χ4n) is 8.88. The summed E-state index contributed by atoms with van der Waals surface area (Å²) in [5, 5.41) is 21.8. The maximum absolute atomic E-state index is 12.7. The predicted molar refractivity (Wildman–Crippen MR) is 222 cm³/mol. The molecule has 0 saturated heterocycles. The van der Waals surface area contributed by atoms with Gasteiger partial charge in [0, 0.05) is 148 Å². The van der Waals surface area contributed by atoms with Crippen LogP contribution in [0.25, 0.3) is 33.4 Å². The molecule has 2 amide bonds. The molecule has 11 rings (SSSR count). The van der Waals surface area contributed by atoms with E-state index in [9.17, 15) is 9.59 Å². The average Bonchev–Trinajstić information content (AvgIpc) is 3.73. The van der Waals surface area contributed by atoms with E-state index in [0.717, 1.165) is 101 Å². The molecule has 8 bridgehead atoms. The van der Waals surface area contributed by atoms with Gasteiger partial charge in [0.05, 0.1) is 47.3 Å². The van der Waals surface area contributed by atoms with Crippen molar-refractivity contribution in [2.75, 3.05) is 7.05 Å². The number of fused-ring (bicyclic) bond motifs is 12. The number of rotatable bonds is 1. The second-order valence-corrected chi connectivity index (χ2v) is 16.5. The van der Waals surface area contributed by atoms with Crippen molar-refractivity contribution in [3.8, 4) is 22.3 Å². The number of carbonyl (C=O) groups excluding carboxylic acids is 2. The van der Waals surface area contributed by atoms with E-state index in [-0.39, 0.29) is 11.8 Å². The van der Waals surface area contributed by atoms with Gasteiger partial charge in [0.15, 0.2) is 0 Å². The van der Waals surface area contributed by atoms with Crippen LogP contribution in [0.15, 0.2) is 61.5 Å². The van der Waals surface area contributed by atoms with Gasteiger partial charge in [-0.1, -0.05) is 12.2 Å². The summed E-state index contributed by atoms with van der Waals surface area (Å²) < 4.78 is 7.61. The summed E-state index contributed by atoms with van der Waals surface area (Å²) in [6.45, 7) is 4.43. The highest BCUT2D eigenvalue weighted by Gasteiger charge is 2.32. The lowest BCUT2D eigenvalue weighted by atomic mass is 9.97. The maximum Gasteiger partial charge on any atom is 0.222 e. The third kappa shape index (κ3) is 7.10. The van der Waals surface area contributed by atoms with Crippen molar-refractivity contribution in [1.82, 2.24) is 59.3 Å². The monoisotopic (exact) mass is 788 g/mol. The summed E-state index contributed by atoms with van der Waals surface area (Å²) in [6.07, 6.45) is 23.3. The normalized spacial score (nSPS) is 17.3. The van der Waals surface area contributed by atoms with Crippen molar-refractivity contribution in [2.24, 2.45) is 14.1 Å². The van der Waals surface area contributed by atoms with Crippen molar-refractivity contribution < 1.29 is 9.59 Å². The number of aryl methyl sites for hydroxylation is 5. The van der Waals surface area contributed by atoms with E-state index < -0.39 is 0 Å². The highest BCUT2D eigenvalue weighted by atomic mass is 16.2. The molecule has 8 heterocycles. The number of amides is 2. The van der Waals surface area contributed by atoms with Crippen molar-refractivity contribution in [1.29, 1.82) is 0 Å². The smallest absolute Gasteiger partial charge is 0.222 e. The average molecular weight is 789 g/mol. The minimum absolute atomic E-state index is 0.0337. The van der Waals surface area contributed by atoms with Crippen molar-refractivity contribution in [3.05, 3.63) is 118 Å². The third-order valence-corrected chi connectivity index (χ3v) is 12.1. The summed E-state index contributed by atoms with van der Waals surface area (Å²) in [5.74, 6) is 0.734. The second kappa shape index (κ2) is 14.7. The largest absolute Gasteiger partial charge is 0.350 e. The van der Waals surface area contributed by atoms with Crippen LogP contribution in [0.1, 0.15) is 101 Å². The van der Waals surface area contributed by atoms with Crippen molar-refractivity contribution >= 4 is 23.0 Å². The number of aromatic nitrogens is 10. The Bertz CT molecular complexity index is 2720. The Morgan fingerprint density at radius 3 is 1.92 bits per heavy atom. The van der Waals surface area contributed by atoms with Gasteiger partial charge in [-0.15, -0.1) is 0 Å². The number of allylic oxidation sites excluding steroid dienone is 2. The van der Waals surface area contributed by atoms with Crippen LogP contribution in [0.4, 0.5) is 0 Å². The van der Waals surface area contributed by atoms with Gasteiger partial charge in [0.1, 0.15) is 0 Å². The van der Waals surface area contributed by atoms with E-state index in [1.165, 1.54) is 40.8 Å². The number of nitrogens with zero attached hydrogens (tertiary/aromatic N) is 11. The molecule has 0 unspecified atom stereocenters. The number of hydrogen-bond donors (Lipinski definition) is 1. The fourth-order valence-corrected chi connectivity index (χ4v) is 8.88. The quantitative estimate of drug-likeness (QED) is 0.224. The molecule has 0 radical (unpaired) electrons. The van der Waals surface area contributed by atoms with Crippen LogP contribution >= 0.6 is 0 Å². The summed E-state index contributed by atoms with van der Waals surface area (Å²) >= 11 is 0. The van der Waals surface area contributed by atoms with Crippen LogP contribution < -0.4 is 5.32 Å². The highest BCUT2D eigenvalue weighted by molar-refractivity contribution is 5.88. The van der Waals surface area contributed by atoms with E-state index in [1.54, 1.807) is 9.58 Å². The zero-order chi connectivity index (χ0) is 40.4. The van der Waals surface area contributed by atoms with Crippen LogP contribution in [0.5, 0.6) is 0 Å². The standard InChI is InChI=1S/C24H26N6O.C21H22N6O/c1-28-14-22-19(12-29(2)26-22)16-10-18-17(7-8-21(18)25-11-16)20-13-30(9-3-4-23(28)31)27-24(20)15-5-6-15;1-13-17-12-27(24-13)7-3-4-21(28)23-10-20-18(11-26(2)25-20)14-8-16-15(17)5-6-19(16)22-9-14/h7,10-13,15H,3-6,8-9,14H2,1-2H3;5,8-9,11-12H,3-4,6-7,10H2,1-2H3,(H,23,28). The van der Waals surface area contributed by atoms with E-state index in [2.05, 4.69) is 57.3 Å². The molecule has 300 valence electrons. The first-order valence-corrected chi connectivity index (χ1v) is 20.7. The predicted octanol–water partition coefficient (Wildman–Crippen LogP) is 5.68. The Kier molecular flexibility index (Phi) is 9.21. The second-order valence-electron chi connectivity index (χ2n) is 16.5. The van der Waals surface area contributed by atoms with Gasteiger partial charge >= 0.3 is 0 Å². The Hall–Kier alpha value is -6.44. The number of hydrogen-bond acceptors (Lipinski definition) is 8. The first-order valence-electron chi connectivity index (χ1n) is 20.7. The zero-order valence-electron chi connectivity index (χ0n) is 34.1. The first-order chi connectivity index (χ1) is 28.6. The van der Waals surface area contributed by atoms with E-state index in [4.69, 9.17) is 15.1 Å². The minimum Gasteiger partial charge on any atom is -0.350 e. The van der Waals surface area contributed by atoms with Crippen LogP contribution in [-0.4, -0.2) is 72.9 Å². The Labute approximate surface area is 342 Å². The zero-order valence-corrected chi connectivity index (χ0v) is 34.1. The van der Waals surface area contributed by atoms with Gasteiger partial charge in [-0.05, 0) is 55.9 Å². The van der Waals surface area contributed by atoms with Gasteiger partial charge in [-0.2, -0.15) is 20.4 Å². The third-order valence-electron chi connectivity index (χ3n) is 12.1. The summed E-state index contributed by atoms with van der Waals surface area (Å²) in [4.78, 5) is 36.3. The molecular formula is C45H48N12O2. The molecule has 0 spiro atoms. The molecule has 2 aliphatic heterocycles. The first kappa shape index (κ1) is 36.9. The molecule has 1 saturated carbocycles. The molecule has 5 aliphatic rings. The Balaban J connectivity index is 0.000000143. The lowest BCUT2D eigenvalue weighted by Gasteiger charge is -2.17. The number of pyridine rings is 2. The molecule has 1 N–H and O–H groups in total. The SMILES string of the molecule is CN1Cc2nn(C)cc2-c2cnc3c(c2)C(=CC3)c2cn(nc2C2CC2)CCCC1=O.Cc1nn2cc1C1=CCc3ncc(cc31)-c1cn(C)nc1CNC(=O)CCC2. The highest BCUT2D eigenvalue weighted by Crippen LogP contribution is 2.45. The van der Waals surface area contributed by atoms with Crippen LogP contribution in [-0.2, 0) is 62.7 Å².